The normalized spacial score (nSPS) is 20.9. The van der Waals surface area contributed by atoms with Gasteiger partial charge in [-0.15, -0.1) is 0 Å². The Morgan fingerprint density at radius 2 is 1.72 bits per heavy atom. The molecule has 9 heteroatoms. The standard InChI is InChI=1S/C27H26F3N3O3/c1-16-20(6-7-21-22(16)15-33(26(21)36)23-8-9-24(34)31-25(23)35)18-10-12-32(13-11-18)14-17-2-4-19(5-3-17)27(28,29)30/h2-7,10,23H,8-9,11-15H2,1H3,(H,31,34,35). The van der Waals surface area contributed by atoms with Crippen LogP contribution < -0.4 is 5.32 Å². The molecule has 0 radical (unpaired) electrons. The van der Waals surface area contributed by atoms with Crippen molar-refractivity contribution in [2.24, 2.45) is 0 Å². The Hall–Kier alpha value is -3.46. The molecule has 2 aromatic carbocycles. The van der Waals surface area contributed by atoms with Gasteiger partial charge in [-0.05, 0) is 65.8 Å². The molecule has 3 heterocycles. The summed E-state index contributed by atoms with van der Waals surface area (Å²) in [6.07, 6.45) is -0.868. The van der Waals surface area contributed by atoms with Gasteiger partial charge < -0.3 is 4.90 Å². The zero-order valence-corrected chi connectivity index (χ0v) is 19.8. The van der Waals surface area contributed by atoms with E-state index in [0.29, 0.717) is 31.6 Å². The molecule has 1 unspecified atom stereocenters. The number of imide groups is 1. The summed E-state index contributed by atoms with van der Waals surface area (Å²) >= 11 is 0. The van der Waals surface area contributed by atoms with Crippen molar-refractivity contribution in [2.45, 2.75) is 51.5 Å². The Balaban J connectivity index is 1.28. The molecule has 1 saturated heterocycles. The number of nitrogens with one attached hydrogen (secondary N) is 1. The zero-order valence-electron chi connectivity index (χ0n) is 19.8. The smallest absolute Gasteiger partial charge is 0.322 e. The lowest BCUT2D eigenvalue weighted by Gasteiger charge is -2.29. The predicted molar refractivity (Wildman–Crippen MR) is 127 cm³/mol. The van der Waals surface area contributed by atoms with Crippen LogP contribution in [-0.2, 0) is 28.9 Å². The monoisotopic (exact) mass is 497 g/mol. The van der Waals surface area contributed by atoms with E-state index in [1.165, 1.54) is 17.7 Å². The minimum atomic E-state index is -4.33. The molecule has 3 amide bonds. The minimum Gasteiger partial charge on any atom is -0.322 e. The molecule has 6 nitrogen and oxygen atoms in total. The van der Waals surface area contributed by atoms with Crippen LogP contribution in [0.2, 0.25) is 0 Å². The summed E-state index contributed by atoms with van der Waals surface area (Å²) in [5, 5.41) is 2.33. The van der Waals surface area contributed by atoms with Crippen molar-refractivity contribution in [2.75, 3.05) is 13.1 Å². The van der Waals surface area contributed by atoms with Gasteiger partial charge in [0.2, 0.25) is 11.8 Å². The maximum Gasteiger partial charge on any atom is 0.416 e. The molecule has 3 aliphatic heterocycles. The van der Waals surface area contributed by atoms with Gasteiger partial charge in [0.15, 0.2) is 0 Å². The summed E-state index contributed by atoms with van der Waals surface area (Å²) < 4.78 is 38.4. The van der Waals surface area contributed by atoms with Crippen LogP contribution in [0.3, 0.4) is 0 Å². The number of hydrogen-bond acceptors (Lipinski definition) is 4. The SMILES string of the molecule is Cc1c(C2=CCN(Cc3ccc(C(F)(F)F)cc3)CC2)ccc2c1CN(C1CCC(=O)NC1=O)C2=O. The second-order valence-corrected chi connectivity index (χ2v) is 9.57. The first-order chi connectivity index (χ1) is 17.1. The Kier molecular flexibility index (Phi) is 6.20. The maximum atomic E-state index is 13.0. The first-order valence-electron chi connectivity index (χ1n) is 12.0. The zero-order chi connectivity index (χ0) is 25.6. The Bertz CT molecular complexity index is 1270. The van der Waals surface area contributed by atoms with Gasteiger partial charge in [0, 0.05) is 38.2 Å². The van der Waals surface area contributed by atoms with Gasteiger partial charge in [-0.25, -0.2) is 0 Å². The summed E-state index contributed by atoms with van der Waals surface area (Å²) in [6.45, 7) is 4.34. The Labute approximate surface area is 206 Å². The van der Waals surface area contributed by atoms with Crippen LogP contribution in [0.5, 0.6) is 0 Å². The lowest BCUT2D eigenvalue weighted by Crippen LogP contribution is -2.52. The van der Waals surface area contributed by atoms with Crippen LogP contribution >= 0.6 is 0 Å². The van der Waals surface area contributed by atoms with Crippen LogP contribution in [0.15, 0.2) is 42.5 Å². The van der Waals surface area contributed by atoms with E-state index in [2.05, 4.69) is 16.3 Å². The molecule has 188 valence electrons. The highest BCUT2D eigenvalue weighted by molar-refractivity contribution is 6.05. The van der Waals surface area contributed by atoms with E-state index >= 15 is 0 Å². The lowest BCUT2D eigenvalue weighted by atomic mass is 9.91. The van der Waals surface area contributed by atoms with Gasteiger partial charge in [-0.2, -0.15) is 13.2 Å². The predicted octanol–water partition coefficient (Wildman–Crippen LogP) is 4.06. The second kappa shape index (κ2) is 9.20. The van der Waals surface area contributed by atoms with E-state index < -0.39 is 23.7 Å². The molecule has 1 atom stereocenters. The first-order valence-corrected chi connectivity index (χ1v) is 12.0. The average Bonchev–Trinajstić information content (AvgIpc) is 3.17. The topological polar surface area (TPSA) is 69.7 Å². The quantitative estimate of drug-likeness (QED) is 0.647. The van der Waals surface area contributed by atoms with E-state index in [-0.39, 0.29) is 18.2 Å². The number of amides is 3. The molecule has 1 fully saturated rings. The van der Waals surface area contributed by atoms with Crippen molar-refractivity contribution in [3.8, 4) is 0 Å². The average molecular weight is 498 g/mol. The van der Waals surface area contributed by atoms with Gasteiger partial charge >= 0.3 is 6.18 Å². The molecule has 0 aliphatic carbocycles. The number of carbonyl (C=O) groups excluding carboxylic acids is 3. The highest BCUT2D eigenvalue weighted by Crippen LogP contribution is 2.35. The van der Waals surface area contributed by atoms with Gasteiger partial charge in [-0.3, -0.25) is 24.6 Å². The van der Waals surface area contributed by atoms with E-state index in [0.717, 1.165) is 47.4 Å². The summed E-state index contributed by atoms with van der Waals surface area (Å²) in [6, 6.07) is 8.43. The van der Waals surface area contributed by atoms with E-state index in [1.807, 2.05) is 19.1 Å². The number of piperidine rings is 1. The molecule has 0 saturated carbocycles. The van der Waals surface area contributed by atoms with Crippen LogP contribution in [-0.4, -0.2) is 46.7 Å². The highest BCUT2D eigenvalue weighted by Gasteiger charge is 2.40. The lowest BCUT2D eigenvalue weighted by molar-refractivity contribution is -0.138. The van der Waals surface area contributed by atoms with Crippen LogP contribution in [0.1, 0.15) is 57.4 Å². The Morgan fingerprint density at radius 1 is 1.00 bits per heavy atom. The molecule has 0 aromatic heterocycles. The molecule has 1 N–H and O–H groups in total. The van der Waals surface area contributed by atoms with Crippen molar-refractivity contribution in [3.05, 3.63) is 75.9 Å². The number of nitrogens with zero attached hydrogens (tertiary/aromatic N) is 2. The number of hydrogen-bond donors (Lipinski definition) is 1. The highest BCUT2D eigenvalue weighted by atomic mass is 19.4. The van der Waals surface area contributed by atoms with E-state index in [9.17, 15) is 27.6 Å². The molecule has 36 heavy (non-hydrogen) atoms. The second-order valence-electron chi connectivity index (χ2n) is 9.57. The fourth-order valence-electron chi connectivity index (χ4n) is 5.29. The molecule has 2 aromatic rings. The van der Waals surface area contributed by atoms with E-state index in [4.69, 9.17) is 0 Å². The van der Waals surface area contributed by atoms with Crippen LogP contribution in [0, 0.1) is 6.92 Å². The number of carbonyl (C=O) groups is 3. The summed E-state index contributed by atoms with van der Waals surface area (Å²) in [5.74, 6) is -0.918. The first kappa shape index (κ1) is 24.2. The maximum absolute atomic E-state index is 13.0. The third-order valence-corrected chi connectivity index (χ3v) is 7.33. The number of halogens is 3. The molecular formula is C27H26F3N3O3. The van der Waals surface area contributed by atoms with Gasteiger partial charge in [0.1, 0.15) is 6.04 Å². The molecule has 0 spiro atoms. The van der Waals surface area contributed by atoms with Gasteiger partial charge in [-0.1, -0.05) is 24.3 Å². The largest absolute Gasteiger partial charge is 0.416 e. The molecule has 3 aliphatic rings. The van der Waals surface area contributed by atoms with Crippen LogP contribution in [0.25, 0.3) is 5.57 Å². The number of rotatable bonds is 4. The number of fused-ring (bicyclic) bond motifs is 1. The van der Waals surface area contributed by atoms with Crippen molar-refractivity contribution in [3.63, 3.8) is 0 Å². The summed E-state index contributed by atoms with van der Waals surface area (Å²) in [4.78, 5) is 40.6. The van der Waals surface area contributed by atoms with Gasteiger partial charge in [0.25, 0.3) is 5.91 Å². The molecular weight excluding hydrogens is 471 g/mol. The van der Waals surface area contributed by atoms with Crippen LogP contribution in [0.4, 0.5) is 13.2 Å². The molecule has 5 rings (SSSR count). The van der Waals surface area contributed by atoms with Crippen molar-refractivity contribution in [1.82, 2.24) is 15.1 Å². The fraction of sp³-hybridized carbons (Fsp3) is 0.370. The van der Waals surface area contributed by atoms with E-state index in [1.54, 1.807) is 4.90 Å². The molecule has 0 bridgehead atoms. The minimum absolute atomic E-state index is 0.186. The summed E-state index contributed by atoms with van der Waals surface area (Å²) in [7, 11) is 0. The third kappa shape index (κ3) is 4.55. The van der Waals surface area contributed by atoms with Crippen molar-refractivity contribution in [1.29, 1.82) is 0 Å². The Morgan fingerprint density at radius 3 is 2.36 bits per heavy atom. The van der Waals surface area contributed by atoms with Gasteiger partial charge in [0.05, 0.1) is 5.56 Å². The third-order valence-electron chi connectivity index (χ3n) is 7.33. The van der Waals surface area contributed by atoms with Crippen molar-refractivity contribution >= 4 is 23.3 Å². The number of alkyl halides is 3. The van der Waals surface area contributed by atoms with Crippen molar-refractivity contribution < 1.29 is 27.6 Å². The number of benzene rings is 2. The fourth-order valence-corrected chi connectivity index (χ4v) is 5.29. The summed E-state index contributed by atoms with van der Waals surface area (Å²) in [5.41, 5.74) is 4.95.